The van der Waals surface area contributed by atoms with Gasteiger partial charge in [0.2, 0.25) is 0 Å². The molecule has 0 spiro atoms. The number of nitrogens with zero attached hydrogens (tertiary/aromatic N) is 3. The minimum absolute atomic E-state index is 0.247. The van der Waals surface area contributed by atoms with Crippen molar-refractivity contribution in [3.8, 4) is 0 Å². The maximum atomic E-state index is 12.6. The van der Waals surface area contributed by atoms with Gasteiger partial charge in [0.15, 0.2) is 11.9 Å². The zero-order valence-corrected chi connectivity index (χ0v) is 7.71. The number of aliphatic hydroxyl groups excluding tert-OH is 1. The van der Waals surface area contributed by atoms with Gasteiger partial charge < -0.3 is 5.11 Å². The second-order valence-corrected chi connectivity index (χ2v) is 2.91. The van der Waals surface area contributed by atoms with Crippen LogP contribution in [0.3, 0.4) is 0 Å². The number of halogens is 1. The average Bonchev–Trinajstić information content (AvgIpc) is 2.30. The molecular formula is C10H8FN3O. The van der Waals surface area contributed by atoms with Gasteiger partial charge in [0, 0.05) is 12.4 Å². The summed E-state index contributed by atoms with van der Waals surface area (Å²) in [5.74, 6) is -0.198. The molecule has 4 nitrogen and oxygen atoms in total. The van der Waals surface area contributed by atoms with Crippen LogP contribution >= 0.6 is 0 Å². The van der Waals surface area contributed by atoms with E-state index in [4.69, 9.17) is 0 Å². The predicted octanol–water partition coefficient (Wildman–Crippen LogP) is 1.09. The van der Waals surface area contributed by atoms with Crippen LogP contribution in [0.2, 0.25) is 0 Å². The third kappa shape index (κ3) is 2.13. The van der Waals surface area contributed by atoms with E-state index >= 15 is 0 Å². The lowest BCUT2D eigenvalue weighted by Crippen LogP contribution is -2.06. The summed E-state index contributed by atoms with van der Waals surface area (Å²) in [6.07, 6.45) is 3.07. The monoisotopic (exact) mass is 205 g/mol. The maximum absolute atomic E-state index is 12.6. The van der Waals surface area contributed by atoms with Crippen molar-refractivity contribution in [1.29, 1.82) is 0 Å². The average molecular weight is 205 g/mol. The molecule has 0 radical (unpaired) electrons. The van der Waals surface area contributed by atoms with Crippen LogP contribution in [0.4, 0.5) is 4.39 Å². The van der Waals surface area contributed by atoms with E-state index in [0.29, 0.717) is 5.69 Å². The third-order valence-electron chi connectivity index (χ3n) is 1.86. The standard InChI is InChI=1S/C10H8FN3O/c11-7-2-3-8(14-6-7)9(15)10-12-4-1-5-13-10/h1-6,9,15H. The molecule has 2 rings (SSSR count). The van der Waals surface area contributed by atoms with E-state index in [1.165, 1.54) is 24.5 Å². The van der Waals surface area contributed by atoms with Gasteiger partial charge in [0.05, 0.1) is 11.9 Å². The van der Waals surface area contributed by atoms with E-state index in [9.17, 15) is 9.50 Å². The van der Waals surface area contributed by atoms with Gasteiger partial charge in [0.25, 0.3) is 0 Å². The molecule has 0 aliphatic carbocycles. The SMILES string of the molecule is OC(c1ccc(F)cn1)c1ncccn1. The van der Waals surface area contributed by atoms with Gasteiger partial charge in [-0.2, -0.15) is 0 Å². The summed E-state index contributed by atoms with van der Waals surface area (Å²) in [5, 5.41) is 9.77. The van der Waals surface area contributed by atoms with Crippen LogP contribution in [0.1, 0.15) is 17.6 Å². The van der Waals surface area contributed by atoms with Gasteiger partial charge in [0.1, 0.15) is 5.82 Å². The van der Waals surface area contributed by atoms with Crippen molar-refractivity contribution < 1.29 is 9.50 Å². The van der Waals surface area contributed by atoms with Crippen molar-refractivity contribution in [2.24, 2.45) is 0 Å². The maximum Gasteiger partial charge on any atom is 0.163 e. The van der Waals surface area contributed by atoms with E-state index < -0.39 is 11.9 Å². The second kappa shape index (κ2) is 4.10. The van der Waals surface area contributed by atoms with Crippen molar-refractivity contribution in [2.45, 2.75) is 6.10 Å². The number of aromatic nitrogens is 3. The first kappa shape index (κ1) is 9.67. The topological polar surface area (TPSA) is 58.9 Å². The highest BCUT2D eigenvalue weighted by atomic mass is 19.1. The molecule has 15 heavy (non-hydrogen) atoms. The quantitative estimate of drug-likeness (QED) is 0.797. The summed E-state index contributed by atoms with van der Waals surface area (Å²) in [7, 11) is 0. The van der Waals surface area contributed by atoms with Gasteiger partial charge in [-0.25, -0.2) is 14.4 Å². The van der Waals surface area contributed by atoms with Crippen molar-refractivity contribution in [3.63, 3.8) is 0 Å². The Labute approximate surface area is 85.5 Å². The van der Waals surface area contributed by atoms with Crippen LogP contribution in [0.15, 0.2) is 36.8 Å². The van der Waals surface area contributed by atoms with Crippen LogP contribution in [0, 0.1) is 5.82 Å². The Hall–Kier alpha value is -1.88. The molecule has 2 aromatic heterocycles. The van der Waals surface area contributed by atoms with E-state index in [-0.39, 0.29) is 5.82 Å². The largest absolute Gasteiger partial charge is 0.379 e. The van der Waals surface area contributed by atoms with E-state index in [1.807, 2.05) is 0 Å². The summed E-state index contributed by atoms with van der Waals surface area (Å²) in [6.45, 7) is 0. The van der Waals surface area contributed by atoms with E-state index in [1.54, 1.807) is 6.07 Å². The summed E-state index contributed by atoms with van der Waals surface area (Å²) < 4.78 is 12.6. The van der Waals surface area contributed by atoms with Crippen LogP contribution in [0.5, 0.6) is 0 Å². The Bertz CT molecular complexity index is 432. The highest BCUT2D eigenvalue weighted by Gasteiger charge is 2.13. The normalized spacial score (nSPS) is 12.4. The number of rotatable bonds is 2. The molecule has 0 bridgehead atoms. The fourth-order valence-corrected chi connectivity index (χ4v) is 1.13. The minimum atomic E-state index is -1.02. The molecule has 2 heterocycles. The molecule has 0 amide bonds. The van der Waals surface area contributed by atoms with Gasteiger partial charge in [-0.05, 0) is 18.2 Å². The summed E-state index contributed by atoms with van der Waals surface area (Å²) in [6, 6.07) is 4.28. The van der Waals surface area contributed by atoms with Crippen molar-refractivity contribution >= 4 is 0 Å². The smallest absolute Gasteiger partial charge is 0.163 e. The molecule has 0 aliphatic heterocycles. The Morgan fingerprint density at radius 1 is 1.13 bits per heavy atom. The molecule has 1 N–H and O–H groups in total. The fraction of sp³-hybridized carbons (Fsp3) is 0.100. The predicted molar refractivity (Wildman–Crippen MR) is 50.3 cm³/mol. The molecular weight excluding hydrogens is 197 g/mol. The lowest BCUT2D eigenvalue weighted by Gasteiger charge is -2.07. The molecule has 0 saturated heterocycles. The second-order valence-electron chi connectivity index (χ2n) is 2.91. The fourth-order valence-electron chi connectivity index (χ4n) is 1.13. The molecule has 1 atom stereocenters. The first-order chi connectivity index (χ1) is 7.27. The summed E-state index contributed by atoms with van der Waals surface area (Å²) >= 11 is 0. The van der Waals surface area contributed by atoms with Crippen LogP contribution in [-0.2, 0) is 0 Å². The van der Waals surface area contributed by atoms with Gasteiger partial charge in [-0.1, -0.05) is 0 Å². The van der Waals surface area contributed by atoms with Gasteiger partial charge in [-0.3, -0.25) is 4.98 Å². The highest BCUT2D eigenvalue weighted by molar-refractivity contribution is 5.14. The number of aliphatic hydroxyl groups is 1. The van der Waals surface area contributed by atoms with Crippen LogP contribution < -0.4 is 0 Å². The lowest BCUT2D eigenvalue weighted by atomic mass is 10.2. The molecule has 5 heteroatoms. The van der Waals surface area contributed by atoms with Crippen molar-refractivity contribution in [2.75, 3.05) is 0 Å². The molecule has 0 aromatic carbocycles. The van der Waals surface area contributed by atoms with Crippen molar-refractivity contribution in [3.05, 3.63) is 54.1 Å². The van der Waals surface area contributed by atoms with Crippen molar-refractivity contribution in [1.82, 2.24) is 15.0 Å². The Morgan fingerprint density at radius 3 is 2.47 bits per heavy atom. The lowest BCUT2D eigenvalue weighted by molar-refractivity contribution is 0.204. The van der Waals surface area contributed by atoms with Crippen LogP contribution in [-0.4, -0.2) is 20.1 Å². The highest BCUT2D eigenvalue weighted by Crippen LogP contribution is 2.15. The molecule has 2 aromatic rings. The number of hydrogen-bond acceptors (Lipinski definition) is 4. The minimum Gasteiger partial charge on any atom is -0.379 e. The first-order valence-electron chi connectivity index (χ1n) is 4.34. The summed E-state index contributed by atoms with van der Waals surface area (Å²) in [5.41, 5.74) is 0.322. The molecule has 76 valence electrons. The van der Waals surface area contributed by atoms with Crippen LogP contribution in [0.25, 0.3) is 0 Å². The Balaban J connectivity index is 2.29. The molecule has 0 aliphatic rings. The molecule has 0 fully saturated rings. The zero-order valence-electron chi connectivity index (χ0n) is 7.71. The van der Waals surface area contributed by atoms with E-state index in [2.05, 4.69) is 15.0 Å². The number of hydrogen-bond donors (Lipinski definition) is 1. The third-order valence-corrected chi connectivity index (χ3v) is 1.86. The van der Waals surface area contributed by atoms with Gasteiger partial charge in [-0.15, -0.1) is 0 Å². The Morgan fingerprint density at radius 2 is 1.87 bits per heavy atom. The summed E-state index contributed by atoms with van der Waals surface area (Å²) in [4.78, 5) is 11.5. The zero-order chi connectivity index (χ0) is 10.7. The first-order valence-corrected chi connectivity index (χ1v) is 4.34. The number of pyridine rings is 1. The molecule has 0 saturated carbocycles. The van der Waals surface area contributed by atoms with E-state index in [0.717, 1.165) is 6.20 Å². The Kier molecular flexibility index (Phi) is 2.64. The van der Waals surface area contributed by atoms with Gasteiger partial charge >= 0.3 is 0 Å². The molecule has 1 unspecified atom stereocenters.